The number of aryl methyl sites for hydroxylation is 1. The molecule has 0 unspecified atom stereocenters. The molecule has 4 aromatic heterocycles. The molecule has 1 aliphatic rings. The Morgan fingerprint density at radius 3 is 2.50 bits per heavy atom. The highest BCUT2D eigenvalue weighted by atomic mass is 16.6. The Kier molecular flexibility index (Phi) is 7.48. The summed E-state index contributed by atoms with van der Waals surface area (Å²) in [5.41, 5.74) is 5.14. The van der Waals surface area contributed by atoms with Gasteiger partial charge >= 0.3 is 6.09 Å². The van der Waals surface area contributed by atoms with Crippen LogP contribution in [0.4, 0.5) is 16.3 Å². The average Bonchev–Trinajstić information content (AvgIpc) is 3.60. The van der Waals surface area contributed by atoms with Gasteiger partial charge in [0.05, 0.1) is 0 Å². The normalized spacial score (nSPS) is 14.1. The number of amides is 1. The summed E-state index contributed by atoms with van der Waals surface area (Å²) in [6.07, 6.45) is 10.1. The fraction of sp³-hybridized carbons (Fsp3) is 0.364. The molecule has 0 aliphatic carbocycles. The van der Waals surface area contributed by atoms with E-state index in [2.05, 4.69) is 58.4 Å². The molecule has 228 valence electrons. The van der Waals surface area contributed by atoms with Gasteiger partial charge in [0.15, 0.2) is 11.5 Å². The molecule has 0 saturated carbocycles. The van der Waals surface area contributed by atoms with E-state index < -0.39 is 5.60 Å². The van der Waals surface area contributed by atoms with Crippen molar-refractivity contribution in [2.75, 3.05) is 18.4 Å². The molecule has 5 heterocycles. The first-order valence-corrected chi connectivity index (χ1v) is 14.8. The number of nitrogens with zero attached hydrogens (tertiary/aromatic N) is 7. The summed E-state index contributed by atoms with van der Waals surface area (Å²) in [6, 6.07) is 11.7. The predicted octanol–water partition coefficient (Wildman–Crippen LogP) is 7.06. The van der Waals surface area contributed by atoms with Gasteiger partial charge in [0.1, 0.15) is 35.3 Å². The number of hydrogen-bond donors (Lipinski definition) is 1. The van der Waals surface area contributed by atoms with Crippen molar-refractivity contribution >= 4 is 34.3 Å². The second kappa shape index (κ2) is 11.3. The summed E-state index contributed by atoms with van der Waals surface area (Å²) in [5.74, 6) is 2.12. The van der Waals surface area contributed by atoms with Gasteiger partial charge in [0.25, 0.3) is 0 Å². The maximum Gasteiger partial charge on any atom is 0.410 e. The third-order valence-corrected chi connectivity index (χ3v) is 7.50. The predicted molar refractivity (Wildman–Crippen MR) is 169 cm³/mol. The Hall–Kier alpha value is -4.93. The van der Waals surface area contributed by atoms with E-state index >= 15 is 0 Å². The van der Waals surface area contributed by atoms with Crippen LogP contribution < -0.4 is 10.1 Å². The number of nitrogens with one attached hydrogen (secondary N) is 1. The third kappa shape index (κ3) is 6.36. The second-order valence-electron chi connectivity index (χ2n) is 13.1. The minimum absolute atomic E-state index is 0.0616. The molecule has 5 aromatic rings. The molecular formula is C33H38N8O3. The Labute approximate surface area is 256 Å². The Bertz CT molecular complexity index is 1860. The largest absolute Gasteiger partial charge is 0.457 e. The lowest BCUT2D eigenvalue weighted by Crippen LogP contribution is -2.41. The molecular weight excluding hydrogens is 556 g/mol. The maximum absolute atomic E-state index is 13.0. The van der Waals surface area contributed by atoms with Gasteiger partial charge in [-0.2, -0.15) is 10.2 Å². The molecule has 11 nitrogen and oxygen atoms in total. The maximum atomic E-state index is 13.0. The van der Waals surface area contributed by atoms with E-state index in [4.69, 9.17) is 9.47 Å². The monoisotopic (exact) mass is 594 g/mol. The minimum atomic E-state index is -0.537. The summed E-state index contributed by atoms with van der Waals surface area (Å²) in [4.78, 5) is 23.6. The second-order valence-corrected chi connectivity index (χ2v) is 13.1. The van der Waals surface area contributed by atoms with Crippen molar-refractivity contribution in [2.45, 2.75) is 60.0 Å². The van der Waals surface area contributed by atoms with Gasteiger partial charge in [-0.25, -0.2) is 23.8 Å². The van der Waals surface area contributed by atoms with Gasteiger partial charge < -0.3 is 19.7 Å². The molecule has 6 rings (SSSR count). The number of carbonyl (C=O) groups excluding carboxylic acids is 1. The summed E-state index contributed by atoms with van der Waals surface area (Å²) in [6.45, 7) is 13.5. The van der Waals surface area contributed by atoms with Crippen LogP contribution in [0.15, 0.2) is 67.5 Å². The summed E-state index contributed by atoms with van der Waals surface area (Å²) < 4.78 is 15.6. The highest BCUT2D eigenvalue weighted by Crippen LogP contribution is 2.34. The van der Waals surface area contributed by atoms with Gasteiger partial charge in [-0.3, -0.25) is 0 Å². The fourth-order valence-electron chi connectivity index (χ4n) is 5.96. The fourth-order valence-corrected chi connectivity index (χ4v) is 5.96. The molecule has 0 bridgehead atoms. The SMILES string of the molecule is Cc1cc(Nc2ncnn3ccc(C4=CCN(C(=O)OC(C)(C)CC(C)(C)C)CC4)c23)ccc1Oc1ccn2ncnc2c1. The molecule has 1 N–H and O–H groups in total. The van der Waals surface area contributed by atoms with Crippen molar-refractivity contribution in [1.82, 2.24) is 34.1 Å². The number of rotatable bonds is 7. The summed E-state index contributed by atoms with van der Waals surface area (Å²) in [5, 5.41) is 12.0. The Morgan fingerprint density at radius 2 is 1.75 bits per heavy atom. The van der Waals surface area contributed by atoms with Crippen molar-refractivity contribution in [3.63, 3.8) is 0 Å². The van der Waals surface area contributed by atoms with Crippen LogP contribution in [0.1, 0.15) is 58.6 Å². The van der Waals surface area contributed by atoms with Crippen LogP contribution in [-0.2, 0) is 4.74 Å². The number of benzene rings is 1. The lowest BCUT2D eigenvalue weighted by molar-refractivity contribution is -0.00832. The van der Waals surface area contributed by atoms with E-state index in [0.717, 1.165) is 45.7 Å². The summed E-state index contributed by atoms with van der Waals surface area (Å²) >= 11 is 0. The van der Waals surface area contributed by atoms with E-state index in [0.29, 0.717) is 31.1 Å². The molecule has 0 spiro atoms. The highest BCUT2D eigenvalue weighted by Gasteiger charge is 2.31. The van der Waals surface area contributed by atoms with E-state index in [1.165, 1.54) is 12.7 Å². The Morgan fingerprint density at radius 1 is 0.977 bits per heavy atom. The number of carbonyl (C=O) groups is 1. The van der Waals surface area contributed by atoms with E-state index in [1.54, 1.807) is 9.42 Å². The number of ether oxygens (including phenoxy) is 2. The number of aromatic nitrogens is 6. The molecule has 1 aliphatic heterocycles. The minimum Gasteiger partial charge on any atom is -0.457 e. The number of hydrogen-bond acceptors (Lipinski definition) is 8. The smallest absolute Gasteiger partial charge is 0.410 e. The molecule has 0 atom stereocenters. The highest BCUT2D eigenvalue weighted by molar-refractivity contribution is 5.88. The number of fused-ring (bicyclic) bond motifs is 2. The van der Waals surface area contributed by atoms with Gasteiger partial charge in [0, 0.05) is 42.8 Å². The topological polar surface area (TPSA) is 111 Å². The zero-order valence-electron chi connectivity index (χ0n) is 26.0. The van der Waals surface area contributed by atoms with E-state index in [9.17, 15) is 4.79 Å². The van der Waals surface area contributed by atoms with E-state index in [1.807, 2.05) is 68.0 Å². The Balaban J connectivity index is 1.17. The van der Waals surface area contributed by atoms with Crippen LogP contribution in [0.3, 0.4) is 0 Å². The van der Waals surface area contributed by atoms with Crippen LogP contribution in [0.5, 0.6) is 11.5 Å². The standard InChI is InChI=1S/C33H38N8O3/c1-22-17-24(7-8-27(22)43-25-11-15-40-28(18-25)34-20-36-40)38-30-29-26(12-16-41(29)37-21-35-30)23-9-13-39(14-10-23)31(42)44-33(5,6)19-32(2,3)4/h7-9,11-12,15-18,20-21H,10,13-14,19H2,1-6H3,(H,35,37,38). The molecule has 11 heteroatoms. The third-order valence-electron chi connectivity index (χ3n) is 7.50. The van der Waals surface area contributed by atoms with Crippen LogP contribution >= 0.6 is 0 Å². The van der Waals surface area contributed by atoms with Gasteiger partial charge in [-0.1, -0.05) is 26.8 Å². The molecule has 0 saturated heterocycles. The molecule has 1 aromatic carbocycles. The van der Waals surface area contributed by atoms with Crippen molar-refractivity contribution in [3.8, 4) is 11.5 Å². The first-order chi connectivity index (χ1) is 20.9. The lowest BCUT2D eigenvalue weighted by atomic mass is 9.84. The number of anilines is 2. The van der Waals surface area contributed by atoms with Crippen molar-refractivity contribution in [1.29, 1.82) is 0 Å². The molecule has 44 heavy (non-hydrogen) atoms. The van der Waals surface area contributed by atoms with Gasteiger partial charge in [0.2, 0.25) is 0 Å². The van der Waals surface area contributed by atoms with Crippen LogP contribution in [0.2, 0.25) is 0 Å². The van der Waals surface area contributed by atoms with Gasteiger partial charge in [-0.05, 0) is 80.5 Å². The number of pyridine rings is 1. The van der Waals surface area contributed by atoms with E-state index in [-0.39, 0.29) is 11.5 Å². The lowest BCUT2D eigenvalue weighted by Gasteiger charge is -2.35. The zero-order chi connectivity index (χ0) is 31.1. The van der Waals surface area contributed by atoms with Crippen molar-refractivity contribution in [3.05, 3.63) is 78.6 Å². The molecule has 0 fully saturated rings. The summed E-state index contributed by atoms with van der Waals surface area (Å²) in [7, 11) is 0. The molecule has 0 radical (unpaired) electrons. The van der Waals surface area contributed by atoms with Gasteiger partial charge in [-0.15, -0.1) is 0 Å². The zero-order valence-corrected chi connectivity index (χ0v) is 26.0. The quantitative estimate of drug-likeness (QED) is 0.213. The first kappa shape index (κ1) is 29.2. The van der Waals surface area contributed by atoms with Crippen LogP contribution in [-0.4, -0.2) is 58.9 Å². The van der Waals surface area contributed by atoms with Crippen LogP contribution in [0, 0.1) is 12.3 Å². The first-order valence-electron chi connectivity index (χ1n) is 14.8. The molecule has 1 amide bonds. The van der Waals surface area contributed by atoms with Crippen molar-refractivity contribution in [2.24, 2.45) is 5.41 Å². The van der Waals surface area contributed by atoms with Crippen molar-refractivity contribution < 1.29 is 14.3 Å². The van der Waals surface area contributed by atoms with Crippen LogP contribution in [0.25, 0.3) is 16.7 Å². The average molecular weight is 595 g/mol.